The normalized spacial score (nSPS) is 12.0. The molecule has 0 aromatic carbocycles. The molecule has 0 spiro atoms. The SMILES string of the molecule is CNC(C)(C)CNCc1ccc(C)o1. The molecule has 0 bridgehead atoms. The van der Waals surface area contributed by atoms with Crippen molar-refractivity contribution >= 4 is 0 Å². The third kappa shape index (κ3) is 3.52. The summed E-state index contributed by atoms with van der Waals surface area (Å²) in [6.45, 7) is 7.99. The largest absolute Gasteiger partial charge is 0.465 e. The van der Waals surface area contributed by atoms with E-state index in [0.717, 1.165) is 24.6 Å². The molecule has 0 unspecified atom stereocenters. The lowest BCUT2D eigenvalue weighted by Gasteiger charge is -2.24. The molecule has 1 rings (SSSR count). The fourth-order valence-electron chi connectivity index (χ4n) is 1.17. The van der Waals surface area contributed by atoms with Crippen LogP contribution < -0.4 is 10.6 Å². The molecular weight excluding hydrogens is 176 g/mol. The van der Waals surface area contributed by atoms with E-state index in [4.69, 9.17) is 4.42 Å². The first-order valence-electron chi connectivity index (χ1n) is 4.98. The predicted molar refractivity (Wildman–Crippen MR) is 58.3 cm³/mol. The van der Waals surface area contributed by atoms with E-state index in [-0.39, 0.29) is 5.54 Å². The first kappa shape index (κ1) is 11.3. The van der Waals surface area contributed by atoms with Crippen LogP contribution in [0.15, 0.2) is 16.5 Å². The standard InChI is InChI=1S/C11H20N2O/c1-9-5-6-10(14-9)7-13-8-11(2,3)12-4/h5-6,12-13H,7-8H2,1-4H3. The highest BCUT2D eigenvalue weighted by atomic mass is 16.3. The minimum atomic E-state index is 0.127. The number of aryl methyl sites for hydroxylation is 1. The maximum Gasteiger partial charge on any atom is 0.117 e. The fraction of sp³-hybridized carbons (Fsp3) is 0.636. The molecule has 0 atom stereocenters. The molecule has 80 valence electrons. The van der Waals surface area contributed by atoms with Gasteiger partial charge in [-0.2, -0.15) is 0 Å². The Labute approximate surface area is 85.9 Å². The van der Waals surface area contributed by atoms with Crippen LogP contribution in [0.25, 0.3) is 0 Å². The number of nitrogens with one attached hydrogen (secondary N) is 2. The zero-order valence-corrected chi connectivity index (χ0v) is 9.48. The van der Waals surface area contributed by atoms with Crippen LogP contribution in [0, 0.1) is 6.92 Å². The van der Waals surface area contributed by atoms with Gasteiger partial charge in [0.1, 0.15) is 11.5 Å². The van der Waals surface area contributed by atoms with Crippen LogP contribution >= 0.6 is 0 Å². The zero-order valence-electron chi connectivity index (χ0n) is 9.48. The van der Waals surface area contributed by atoms with Crippen LogP contribution in [0.3, 0.4) is 0 Å². The van der Waals surface area contributed by atoms with Crippen LogP contribution in [0.2, 0.25) is 0 Å². The van der Waals surface area contributed by atoms with E-state index in [9.17, 15) is 0 Å². The molecule has 0 fully saturated rings. The van der Waals surface area contributed by atoms with Crippen LogP contribution in [-0.2, 0) is 6.54 Å². The topological polar surface area (TPSA) is 37.2 Å². The van der Waals surface area contributed by atoms with Crippen molar-refractivity contribution in [3.8, 4) is 0 Å². The number of hydrogen-bond acceptors (Lipinski definition) is 3. The van der Waals surface area contributed by atoms with E-state index in [0.29, 0.717) is 0 Å². The van der Waals surface area contributed by atoms with Gasteiger partial charge in [-0.15, -0.1) is 0 Å². The van der Waals surface area contributed by atoms with Gasteiger partial charge in [0, 0.05) is 12.1 Å². The Kier molecular flexibility index (Phi) is 3.72. The van der Waals surface area contributed by atoms with E-state index in [1.807, 2.05) is 26.1 Å². The molecule has 3 heteroatoms. The summed E-state index contributed by atoms with van der Waals surface area (Å²) in [5.41, 5.74) is 0.127. The van der Waals surface area contributed by atoms with Crippen LogP contribution in [0.1, 0.15) is 25.4 Å². The molecule has 1 aromatic heterocycles. The van der Waals surface area contributed by atoms with E-state index in [1.165, 1.54) is 0 Å². The summed E-state index contributed by atoms with van der Waals surface area (Å²) in [6.07, 6.45) is 0. The van der Waals surface area contributed by atoms with Gasteiger partial charge in [0.15, 0.2) is 0 Å². The number of likely N-dealkylation sites (N-methyl/N-ethyl adjacent to an activating group) is 1. The van der Waals surface area contributed by atoms with Crippen LogP contribution in [0.5, 0.6) is 0 Å². The molecule has 0 saturated heterocycles. The second-order valence-electron chi connectivity index (χ2n) is 4.25. The highest BCUT2D eigenvalue weighted by Gasteiger charge is 2.13. The van der Waals surface area contributed by atoms with Crippen molar-refractivity contribution in [2.75, 3.05) is 13.6 Å². The summed E-state index contributed by atoms with van der Waals surface area (Å²) in [7, 11) is 1.97. The molecule has 0 aliphatic heterocycles. The minimum Gasteiger partial charge on any atom is -0.465 e. The van der Waals surface area contributed by atoms with Gasteiger partial charge in [-0.25, -0.2) is 0 Å². The third-order valence-electron chi connectivity index (χ3n) is 2.34. The quantitative estimate of drug-likeness (QED) is 0.752. The Morgan fingerprint density at radius 2 is 2.07 bits per heavy atom. The molecule has 0 amide bonds. The average molecular weight is 196 g/mol. The van der Waals surface area contributed by atoms with E-state index >= 15 is 0 Å². The highest BCUT2D eigenvalue weighted by Crippen LogP contribution is 2.06. The van der Waals surface area contributed by atoms with Gasteiger partial charge < -0.3 is 15.1 Å². The smallest absolute Gasteiger partial charge is 0.117 e. The van der Waals surface area contributed by atoms with Crippen molar-refractivity contribution in [1.29, 1.82) is 0 Å². The molecule has 2 N–H and O–H groups in total. The maximum atomic E-state index is 5.45. The molecule has 0 aliphatic carbocycles. The van der Waals surface area contributed by atoms with Gasteiger partial charge >= 0.3 is 0 Å². The lowest BCUT2D eigenvalue weighted by atomic mass is 10.1. The summed E-state index contributed by atoms with van der Waals surface area (Å²) in [6, 6.07) is 3.99. The van der Waals surface area contributed by atoms with Gasteiger partial charge in [0.05, 0.1) is 6.54 Å². The van der Waals surface area contributed by atoms with Crippen LogP contribution in [0.4, 0.5) is 0 Å². The minimum absolute atomic E-state index is 0.127. The molecule has 1 aromatic rings. The van der Waals surface area contributed by atoms with Crippen molar-refractivity contribution in [1.82, 2.24) is 10.6 Å². The Morgan fingerprint density at radius 1 is 1.36 bits per heavy atom. The predicted octanol–water partition coefficient (Wildman–Crippen LogP) is 1.68. The molecule has 3 nitrogen and oxygen atoms in total. The summed E-state index contributed by atoms with van der Waals surface area (Å²) < 4.78 is 5.45. The lowest BCUT2D eigenvalue weighted by Crippen LogP contribution is -2.45. The van der Waals surface area contributed by atoms with E-state index in [1.54, 1.807) is 0 Å². The monoisotopic (exact) mass is 196 g/mol. The van der Waals surface area contributed by atoms with Gasteiger partial charge in [0.25, 0.3) is 0 Å². The number of furan rings is 1. The zero-order chi connectivity index (χ0) is 10.6. The van der Waals surface area contributed by atoms with Gasteiger partial charge in [-0.05, 0) is 40.0 Å². The first-order chi connectivity index (χ1) is 6.53. The molecule has 14 heavy (non-hydrogen) atoms. The number of rotatable bonds is 5. The van der Waals surface area contributed by atoms with Gasteiger partial charge in [-0.1, -0.05) is 0 Å². The summed E-state index contributed by atoms with van der Waals surface area (Å²) >= 11 is 0. The highest BCUT2D eigenvalue weighted by molar-refractivity contribution is 5.05. The van der Waals surface area contributed by atoms with E-state index < -0.39 is 0 Å². The second-order valence-corrected chi connectivity index (χ2v) is 4.25. The van der Waals surface area contributed by atoms with Crippen molar-refractivity contribution in [2.24, 2.45) is 0 Å². The van der Waals surface area contributed by atoms with Gasteiger partial charge in [0.2, 0.25) is 0 Å². The summed E-state index contributed by atoms with van der Waals surface area (Å²) in [5, 5.41) is 6.59. The Hall–Kier alpha value is -0.800. The Bertz CT molecular complexity index is 279. The third-order valence-corrected chi connectivity index (χ3v) is 2.34. The molecule has 0 saturated carbocycles. The second kappa shape index (κ2) is 4.62. The molecule has 0 radical (unpaired) electrons. The molecule has 0 aliphatic rings. The maximum absolute atomic E-state index is 5.45. The van der Waals surface area contributed by atoms with Crippen molar-refractivity contribution in [3.05, 3.63) is 23.7 Å². The summed E-state index contributed by atoms with van der Waals surface area (Å²) in [4.78, 5) is 0. The number of hydrogen-bond donors (Lipinski definition) is 2. The lowest BCUT2D eigenvalue weighted by molar-refractivity contribution is 0.378. The fourth-order valence-corrected chi connectivity index (χ4v) is 1.17. The van der Waals surface area contributed by atoms with Crippen molar-refractivity contribution in [2.45, 2.75) is 32.9 Å². The molecule has 1 heterocycles. The van der Waals surface area contributed by atoms with Crippen molar-refractivity contribution in [3.63, 3.8) is 0 Å². The molecular formula is C11H20N2O. The van der Waals surface area contributed by atoms with Gasteiger partial charge in [-0.3, -0.25) is 0 Å². The Balaban J connectivity index is 2.28. The van der Waals surface area contributed by atoms with Crippen LogP contribution in [-0.4, -0.2) is 19.1 Å². The Morgan fingerprint density at radius 3 is 2.57 bits per heavy atom. The average Bonchev–Trinajstić information content (AvgIpc) is 2.51. The van der Waals surface area contributed by atoms with E-state index in [2.05, 4.69) is 24.5 Å². The van der Waals surface area contributed by atoms with Crippen molar-refractivity contribution < 1.29 is 4.42 Å². The summed E-state index contributed by atoms with van der Waals surface area (Å²) in [5.74, 6) is 1.96. The first-order valence-corrected chi connectivity index (χ1v) is 4.98.